The zero-order valence-corrected chi connectivity index (χ0v) is 18.7. The number of imide groups is 1. The molecule has 0 bridgehead atoms. The summed E-state index contributed by atoms with van der Waals surface area (Å²) in [6.07, 6.45) is 7.54. The number of nitrogens with two attached hydrogens (primary N) is 1. The van der Waals surface area contributed by atoms with Crippen LogP contribution in [0.3, 0.4) is 0 Å². The predicted molar refractivity (Wildman–Crippen MR) is 126 cm³/mol. The second-order valence-corrected chi connectivity index (χ2v) is 8.53. The fourth-order valence-corrected chi connectivity index (χ4v) is 4.64. The Bertz CT molecular complexity index is 1120. The highest BCUT2D eigenvalue weighted by Crippen LogP contribution is 2.29. The molecule has 0 unspecified atom stereocenters. The van der Waals surface area contributed by atoms with E-state index < -0.39 is 6.03 Å². The molecule has 3 aromatic rings. The van der Waals surface area contributed by atoms with Crippen molar-refractivity contribution in [3.05, 3.63) is 30.1 Å². The molecule has 2 heterocycles. The van der Waals surface area contributed by atoms with Gasteiger partial charge in [-0.3, -0.25) is 10.1 Å². The molecule has 170 valence electrons. The number of aromatic nitrogens is 3. The molecular weight excluding hydrogens is 404 g/mol. The van der Waals surface area contributed by atoms with Crippen LogP contribution >= 0.6 is 0 Å². The van der Waals surface area contributed by atoms with Gasteiger partial charge in [0.25, 0.3) is 0 Å². The van der Waals surface area contributed by atoms with Gasteiger partial charge in [0.1, 0.15) is 11.3 Å². The number of hydrogen-bond acceptors (Lipinski definition) is 5. The van der Waals surface area contributed by atoms with Crippen LogP contribution in [0.1, 0.15) is 57.7 Å². The third-order valence-electron chi connectivity index (χ3n) is 6.31. The molecule has 0 aliphatic heterocycles. The number of fused-ring (bicyclic) bond motifs is 3. The number of hydrogen-bond donors (Lipinski definition) is 3. The van der Waals surface area contributed by atoms with E-state index in [9.17, 15) is 9.59 Å². The zero-order valence-electron chi connectivity index (χ0n) is 18.7. The van der Waals surface area contributed by atoms with Crippen LogP contribution in [0.15, 0.2) is 24.3 Å². The van der Waals surface area contributed by atoms with Gasteiger partial charge in [-0.2, -0.15) is 0 Å². The van der Waals surface area contributed by atoms with Crippen molar-refractivity contribution in [1.29, 1.82) is 0 Å². The number of carbonyl (C=O) groups excluding carboxylic acids is 2. The van der Waals surface area contributed by atoms with E-state index in [2.05, 4.69) is 33.2 Å². The molecule has 1 aromatic carbocycles. The Labute approximate surface area is 188 Å². The molecule has 4 rings (SSSR count). The van der Waals surface area contributed by atoms with Crippen molar-refractivity contribution in [3.63, 3.8) is 0 Å². The van der Waals surface area contributed by atoms with E-state index in [0.717, 1.165) is 79.3 Å². The van der Waals surface area contributed by atoms with Gasteiger partial charge in [-0.1, -0.05) is 44.4 Å². The Morgan fingerprint density at radius 1 is 1.12 bits per heavy atom. The molecule has 0 atom stereocenters. The van der Waals surface area contributed by atoms with Crippen LogP contribution in [0.5, 0.6) is 0 Å². The fourth-order valence-electron chi connectivity index (χ4n) is 4.64. The van der Waals surface area contributed by atoms with E-state index in [1.807, 2.05) is 18.2 Å². The van der Waals surface area contributed by atoms with Gasteiger partial charge >= 0.3 is 6.03 Å². The first kappa shape index (κ1) is 22.0. The van der Waals surface area contributed by atoms with Gasteiger partial charge in [0, 0.05) is 30.8 Å². The number of aryl methyl sites for hydroxylation is 2. The van der Waals surface area contributed by atoms with Gasteiger partial charge in [0.2, 0.25) is 5.91 Å². The van der Waals surface area contributed by atoms with Crippen molar-refractivity contribution in [2.45, 2.75) is 64.8 Å². The summed E-state index contributed by atoms with van der Waals surface area (Å²) in [5, 5.41) is 6.35. The second kappa shape index (κ2) is 9.97. The highest BCUT2D eigenvalue weighted by atomic mass is 16.2. The quantitative estimate of drug-likeness (QED) is 0.486. The third-order valence-corrected chi connectivity index (χ3v) is 6.31. The van der Waals surface area contributed by atoms with Crippen molar-refractivity contribution in [2.24, 2.45) is 5.92 Å². The maximum atomic E-state index is 12.2. The molecule has 2 aromatic heterocycles. The number of pyridine rings is 1. The van der Waals surface area contributed by atoms with Gasteiger partial charge in [0.05, 0.1) is 11.0 Å². The van der Waals surface area contributed by atoms with Crippen LogP contribution in [0, 0.1) is 5.92 Å². The zero-order chi connectivity index (χ0) is 22.5. The normalized spacial score (nSPS) is 14.7. The molecule has 32 heavy (non-hydrogen) atoms. The van der Waals surface area contributed by atoms with Gasteiger partial charge in [-0.25, -0.2) is 14.8 Å². The van der Waals surface area contributed by atoms with E-state index in [4.69, 9.17) is 10.7 Å². The van der Waals surface area contributed by atoms with Crippen molar-refractivity contribution in [2.75, 3.05) is 12.3 Å². The van der Waals surface area contributed by atoms with E-state index in [1.165, 1.54) is 6.42 Å². The molecule has 1 saturated carbocycles. The van der Waals surface area contributed by atoms with Gasteiger partial charge in [-0.15, -0.1) is 0 Å². The number of urea groups is 1. The number of anilines is 1. The van der Waals surface area contributed by atoms with Crippen LogP contribution in [0.25, 0.3) is 21.9 Å². The van der Waals surface area contributed by atoms with E-state index in [1.54, 1.807) is 0 Å². The SMILES string of the molecule is CCc1nc2c(N)nc3ccccc3c2n1CCCCNC(=O)NC(=O)C1CCCCC1. The number of para-hydroxylation sites is 1. The van der Waals surface area contributed by atoms with E-state index in [-0.39, 0.29) is 11.8 Å². The summed E-state index contributed by atoms with van der Waals surface area (Å²) < 4.78 is 2.22. The molecule has 1 fully saturated rings. The first-order valence-corrected chi connectivity index (χ1v) is 11.7. The van der Waals surface area contributed by atoms with Gasteiger partial charge in [0.15, 0.2) is 5.82 Å². The number of carbonyl (C=O) groups is 2. The lowest BCUT2D eigenvalue weighted by Crippen LogP contribution is -2.43. The molecule has 8 nitrogen and oxygen atoms in total. The number of imidazole rings is 1. The molecule has 0 radical (unpaired) electrons. The lowest BCUT2D eigenvalue weighted by atomic mass is 9.89. The number of nitrogens with zero attached hydrogens (tertiary/aromatic N) is 3. The summed E-state index contributed by atoms with van der Waals surface area (Å²) in [5.74, 6) is 1.27. The van der Waals surface area contributed by atoms with Crippen LogP contribution in [-0.2, 0) is 17.8 Å². The maximum absolute atomic E-state index is 12.2. The number of nitrogens with one attached hydrogen (secondary N) is 2. The number of unbranched alkanes of at least 4 members (excludes halogenated alkanes) is 1. The largest absolute Gasteiger partial charge is 0.382 e. The summed E-state index contributed by atoms with van der Waals surface area (Å²) >= 11 is 0. The van der Waals surface area contributed by atoms with Crippen LogP contribution in [0.2, 0.25) is 0 Å². The van der Waals surface area contributed by atoms with E-state index >= 15 is 0 Å². The highest BCUT2D eigenvalue weighted by molar-refractivity contribution is 6.06. The topological polar surface area (TPSA) is 115 Å². The van der Waals surface area contributed by atoms with Crippen molar-refractivity contribution < 1.29 is 9.59 Å². The average molecular weight is 437 g/mol. The number of rotatable bonds is 7. The highest BCUT2D eigenvalue weighted by Gasteiger charge is 2.22. The minimum Gasteiger partial charge on any atom is -0.382 e. The van der Waals surface area contributed by atoms with Crippen LogP contribution in [-0.4, -0.2) is 33.0 Å². The lowest BCUT2D eigenvalue weighted by molar-refractivity contribution is -0.124. The Morgan fingerprint density at radius 2 is 1.91 bits per heavy atom. The summed E-state index contributed by atoms with van der Waals surface area (Å²) in [6, 6.07) is 7.58. The Morgan fingerprint density at radius 3 is 2.69 bits per heavy atom. The molecule has 8 heteroatoms. The fraction of sp³-hybridized carbons (Fsp3) is 0.500. The van der Waals surface area contributed by atoms with E-state index in [0.29, 0.717) is 12.4 Å². The van der Waals surface area contributed by atoms with Gasteiger partial charge in [-0.05, 0) is 31.7 Å². The van der Waals surface area contributed by atoms with Crippen molar-refractivity contribution in [3.8, 4) is 0 Å². The molecule has 0 spiro atoms. The van der Waals surface area contributed by atoms with Crippen LogP contribution < -0.4 is 16.4 Å². The Balaban J connectivity index is 1.34. The number of amides is 3. The first-order valence-electron chi connectivity index (χ1n) is 11.7. The minimum atomic E-state index is -0.396. The standard InChI is InChI=1S/C24H32N6O2/c1-2-19-28-20-21(17-12-6-7-13-18(17)27-22(20)25)30(19)15-9-8-14-26-24(32)29-23(31)16-10-4-3-5-11-16/h6-7,12-13,16H,2-5,8-11,14-15H2,1H3,(H2,25,27)(H2,26,29,31,32). The monoisotopic (exact) mass is 436 g/mol. The summed E-state index contributed by atoms with van der Waals surface area (Å²) in [4.78, 5) is 33.5. The molecule has 1 aliphatic carbocycles. The molecule has 0 saturated heterocycles. The molecule has 1 aliphatic rings. The van der Waals surface area contributed by atoms with Gasteiger partial charge < -0.3 is 15.6 Å². The molecule has 4 N–H and O–H groups in total. The summed E-state index contributed by atoms with van der Waals surface area (Å²) in [7, 11) is 0. The Hall–Kier alpha value is -3.16. The first-order chi connectivity index (χ1) is 15.6. The molecular formula is C24H32N6O2. The van der Waals surface area contributed by atoms with Crippen molar-refractivity contribution in [1.82, 2.24) is 25.2 Å². The summed E-state index contributed by atoms with van der Waals surface area (Å²) in [5.41, 5.74) is 8.83. The summed E-state index contributed by atoms with van der Waals surface area (Å²) in [6.45, 7) is 3.37. The minimum absolute atomic E-state index is 0.0202. The predicted octanol–water partition coefficient (Wildman–Crippen LogP) is 3.92. The second-order valence-electron chi connectivity index (χ2n) is 8.53. The van der Waals surface area contributed by atoms with Crippen molar-refractivity contribution >= 4 is 39.7 Å². The maximum Gasteiger partial charge on any atom is 0.321 e. The average Bonchev–Trinajstić information content (AvgIpc) is 3.19. The number of nitrogen functional groups attached to an aromatic ring is 1. The number of benzene rings is 1. The molecule has 3 amide bonds. The van der Waals surface area contributed by atoms with Crippen LogP contribution in [0.4, 0.5) is 10.6 Å². The lowest BCUT2D eigenvalue weighted by Gasteiger charge is -2.20. The Kier molecular flexibility index (Phi) is 6.87. The third kappa shape index (κ3) is 4.69. The smallest absolute Gasteiger partial charge is 0.321 e.